The molecule has 17 heavy (non-hydrogen) atoms. The predicted molar refractivity (Wildman–Crippen MR) is 73.3 cm³/mol. The molecule has 1 aromatic rings. The zero-order chi connectivity index (χ0) is 11.5. The molecule has 0 atom stereocenters. The van der Waals surface area contributed by atoms with Crippen LogP contribution in [0.25, 0.3) is 6.08 Å². The molecule has 0 saturated carbocycles. The molecule has 0 bridgehead atoms. The highest BCUT2D eigenvalue weighted by Crippen LogP contribution is 2.32. The van der Waals surface area contributed by atoms with E-state index in [0.717, 1.165) is 16.6 Å². The zero-order valence-electron chi connectivity index (χ0n) is 8.79. The first-order valence-electron chi connectivity index (χ1n) is 4.71. The molecule has 2 amide bonds. The van der Waals surface area contributed by atoms with Gasteiger partial charge >= 0.3 is 0 Å². The van der Waals surface area contributed by atoms with Gasteiger partial charge in [0, 0.05) is 18.0 Å². The van der Waals surface area contributed by atoms with Gasteiger partial charge in [-0.25, -0.2) is 0 Å². The van der Waals surface area contributed by atoms with E-state index in [1.807, 2.05) is 17.5 Å². The Hall–Kier alpha value is -0.820. The number of nitrogens with zero attached hydrogens (tertiary/aromatic N) is 1. The molecule has 0 spiro atoms. The maximum absolute atomic E-state index is 11.8. The molecular weight excluding hydrogens is 280 g/mol. The zero-order valence-corrected chi connectivity index (χ0v) is 11.2. The Morgan fingerprint density at radius 3 is 2.76 bits per heavy atom. The average Bonchev–Trinajstić information content (AvgIpc) is 2.84. The van der Waals surface area contributed by atoms with Crippen LogP contribution in [0.1, 0.15) is 4.88 Å². The summed E-state index contributed by atoms with van der Waals surface area (Å²) in [5.41, 5.74) is 5.34. The molecule has 0 aliphatic carbocycles. The van der Waals surface area contributed by atoms with Crippen LogP contribution in [-0.2, 0) is 4.79 Å². The smallest absolute Gasteiger partial charge is 0.293 e. The third kappa shape index (κ3) is 3.10. The Kier molecular flexibility index (Phi) is 5.20. The number of rotatable bonds is 3. The fourth-order valence-corrected chi connectivity index (χ4v) is 2.91. The molecule has 1 aliphatic heterocycles. The SMILES string of the molecule is Cl.NCCN1C(=O)S/C(=C\c2cccs2)C1=O. The van der Waals surface area contributed by atoms with Gasteiger partial charge < -0.3 is 5.73 Å². The maximum atomic E-state index is 11.8. The van der Waals surface area contributed by atoms with Crippen LogP contribution in [0.15, 0.2) is 22.4 Å². The first-order valence-corrected chi connectivity index (χ1v) is 6.41. The van der Waals surface area contributed by atoms with Crippen molar-refractivity contribution in [3.05, 3.63) is 27.3 Å². The molecule has 2 N–H and O–H groups in total. The lowest BCUT2D eigenvalue weighted by Gasteiger charge is -2.09. The van der Waals surface area contributed by atoms with Crippen LogP contribution in [-0.4, -0.2) is 29.1 Å². The second kappa shape index (κ2) is 6.20. The molecular formula is C10H11ClN2O2S2. The summed E-state index contributed by atoms with van der Waals surface area (Å²) >= 11 is 2.50. The van der Waals surface area contributed by atoms with Crippen LogP contribution in [0, 0.1) is 0 Å². The topological polar surface area (TPSA) is 63.4 Å². The van der Waals surface area contributed by atoms with Crippen molar-refractivity contribution in [2.75, 3.05) is 13.1 Å². The molecule has 1 aliphatic rings. The predicted octanol–water partition coefficient (Wildman–Crippen LogP) is 2.16. The van der Waals surface area contributed by atoms with Crippen molar-refractivity contribution < 1.29 is 9.59 Å². The summed E-state index contributed by atoms with van der Waals surface area (Å²) in [5.74, 6) is -0.242. The van der Waals surface area contributed by atoms with Crippen molar-refractivity contribution in [1.82, 2.24) is 4.90 Å². The van der Waals surface area contributed by atoms with Gasteiger partial charge in [-0.2, -0.15) is 0 Å². The Bertz CT molecular complexity index is 445. The second-order valence-electron chi connectivity index (χ2n) is 3.14. The second-order valence-corrected chi connectivity index (χ2v) is 5.11. The van der Waals surface area contributed by atoms with Crippen LogP contribution in [0.4, 0.5) is 4.79 Å². The quantitative estimate of drug-likeness (QED) is 0.867. The van der Waals surface area contributed by atoms with Crippen LogP contribution in [0.2, 0.25) is 0 Å². The minimum absolute atomic E-state index is 0. The van der Waals surface area contributed by atoms with Gasteiger partial charge in [0.2, 0.25) is 0 Å². The number of imide groups is 1. The van der Waals surface area contributed by atoms with E-state index in [2.05, 4.69) is 0 Å². The summed E-state index contributed by atoms with van der Waals surface area (Å²) in [7, 11) is 0. The van der Waals surface area contributed by atoms with Crippen LogP contribution >= 0.6 is 35.5 Å². The van der Waals surface area contributed by atoms with E-state index >= 15 is 0 Å². The number of carbonyl (C=O) groups is 2. The Labute approximate surface area is 113 Å². The summed E-state index contributed by atoms with van der Waals surface area (Å²) in [5, 5.41) is 1.69. The van der Waals surface area contributed by atoms with Crippen LogP contribution in [0.3, 0.4) is 0 Å². The average molecular weight is 291 g/mol. The summed E-state index contributed by atoms with van der Waals surface area (Å²) in [6.45, 7) is 0.580. The number of amides is 2. The number of hydrogen-bond acceptors (Lipinski definition) is 5. The van der Waals surface area contributed by atoms with Gasteiger partial charge in [-0.1, -0.05) is 6.07 Å². The molecule has 2 rings (SSSR count). The van der Waals surface area contributed by atoms with Crippen molar-refractivity contribution in [3.63, 3.8) is 0 Å². The number of halogens is 1. The largest absolute Gasteiger partial charge is 0.329 e. The molecule has 4 nitrogen and oxygen atoms in total. The highest BCUT2D eigenvalue weighted by molar-refractivity contribution is 8.18. The maximum Gasteiger partial charge on any atom is 0.293 e. The van der Waals surface area contributed by atoms with Crippen molar-refractivity contribution in [1.29, 1.82) is 0 Å². The van der Waals surface area contributed by atoms with Crippen molar-refractivity contribution in [2.45, 2.75) is 0 Å². The van der Waals surface area contributed by atoms with E-state index in [1.54, 1.807) is 6.08 Å². The third-order valence-corrected chi connectivity index (χ3v) is 3.77. The van der Waals surface area contributed by atoms with Crippen LogP contribution in [0.5, 0.6) is 0 Å². The Morgan fingerprint density at radius 1 is 1.41 bits per heavy atom. The molecule has 0 aromatic carbocycles. The summed E-state index contributed by atoms with van der Waals surface area (Å²) in [6, 6.07) is 3.81. The number of carbonyl (C=O) groups excluding carboxylic acids is 2. The number of nitrogens with two attached hydrogens (primary N) is 1. The van der Waals surface area contributed by atoms with E-state index in [1.165, 1.54) is 16.2 Å². The lowest BCUT2D eigenvalue weighted by Crippen LogP contribution is -2.33. The fourth-order valence-electron chi connectivity index (χ4n) is 1.32. The first-order chi connectivity index (χ1) is 7.72. The van der Waals surface area contributed by atoms with E-state index in [0.29, 0.717) is 11.4 Å². The van der Waals surface area contributed by atoms with E-state index < -0.39 is 0 Å². The van der Waals surface area contributed by atoms with Gasteiger partial charge in [-0.3, -0.25) is 14.5 Å². The van der Waals surface area contributed by atoms with Crippen molar-refractivity contribution in [3.8, 4) is 0 Å². The summed E-state index contributed by atoms with van der Waals surface area (Å²) < 4.78 is 0. The van der Waals surface area contributed by atoms with Gasteiger partial charge in [-0.05, 0) is 29.3 Å². The third-order valence-electron chi connectivity index (χ3n) is 2.04. The van der Waals surface area contributed by atoms with Crippen molar-refractivity contribution >= 4 is 52.7 Å². The van der Waals surface area contributed by atoms with E-state index in [-0.39, 0.29) is 30.1 Å². The normalized spacial score (nSPS) is 17.7. The van der Waals surface area contributed by atoms with Crippen LogP contribution < -0.4 is 5.73 Å². The molecule has 1 saturated heterocycles. The van der Waals surface area contributed by atoms with Gasteiger partial charge in [0.05, 0.1) is 4.91 Å². The number of hydrogen-bond donors (Lipinski definition) is 1. The molecule has 0 unspecified atom stereocenters. The number of thioether (sulfide) groups is 1. The van der Waals surface area contributed by atoms with Gasteiger partial charge in [0.25, 0.3) is 11.1 Å². The molecule has 1 fully saturated rings. The Balaban J connectivity index is 0.00000144. The molecule has 92 valence electrons. The minimum atomic E-state index is -0.242. The molecule has 7 heteroatoms. The number of thiophene rings is 1. The Morgan fingerprint density at radius 2 is 2.18 bits per heavy atom. The summed E-state index contributed by atoms with van der Waals surface area (Å²) in [4.78, 5) is 25.9. The standard InChI is InChI=1S/C10H10N2O2S2.ClH/c11-3-4-12-9(13)8(16-10(12)14)6-7-2-1-5-15-7;/h1-2,5-6H,3-4,11H2;1H/b8-6-;. The highest BCUT2D eigenvalue weighted by atomic mass is 35.5. The highest BCUT2D eigenvalue weighted by Gasteiger charge is 2.34. The molecule has 1 aromatic heterocycles. The summed E-state index contributed by atoms with van der Waals surface area (Å²) in [6.07, 6.45) is 1.74. The fraction of sp³-hybridized carbons (Fsp3) is 0.200. The van der Waals surface area contributed by atoms with E-state index in [9.17, 15) is 9.59 Å². The van der Waals surface area contributed by atoms with Gasteiger partial charge in [0.1, 0.15) is 0 Å². The molecule has 2 heterocycles. The first kappa shape index (κ1) is 14.2. The van der Waals surface area contributed by atoms with E-state index in [4.69, 9.17) is 5.73 Å². The monoisotopic (exact) mass is 290 g/mol. The lowest BCUT2D eigenvalue weighted by atomic mass is 10.3. The van der Waals surface area contributed by atoms with Gasteiger partial charge in [0.15, 0.2) is 0 Å². The lowest BCUT2D eigenvalue weighted by molar-refractivity contribution is -0.122. The van der Waals surface area contributed by atoms with Gasteiger partial charge in [-0.15, -0.1) is 23.7 Å². The minimum Gasteiger partial charge on any atom is -0.329 e. The van der Waals surface area contributed by atoms with Crippen molar-refractivity contribution in [2.24, 2.45) is 5.73 Å². The molecule has 0 radical (unpaired) electrons.